The van der Waals surface area contributed by atoms with Crippen molar-refractivity contribution in [1.29, 1.82) is 0 Å². The van der Waals surface area contributed by atoms with E-state index in [1.165, 1.54) is 26.2 Å². The van der Waals surface area contributed by atoms with Crippen molar-refractivity contribution in [3.05, 3.63) is 35.9 Å². The largest absolute Gasteiger partial charge is 0.510 e. The van der Waals surface area contributed by atoms with Crippen LogP contribution in [-0.4, -0.2) is 93.7 Å². The Morgan fingerprint density at radius 3 is 1.80 bits per heavy atom. The number of likely N-dealkylation sites (N-methyl/N-ethyl adjacent to an activating group) is 1. The van der Waals surface area contributed by atoms with E-state index >= 15 is 0 Å². The predicted molar refractivity (Wildman–Crippen MR) is 149 cm³/mol. The zero-order chi connectivity index (χ0) is 33.3. The summed E-state index contributed by atoms with van der Waals surface area (Å²) in [6.07, 6.45) is -5.13. The minimum Gasteiger partial charge on any atom is -0.455 e. The van der Waals surface area contributed by atoms with Gasteiger partial charge in [-0.3, -0.25) is 28.0 Å². The molecule has 0 radical (unpaired) electrons. The molecule has 0 saturated heterocycles. The first-order valence-electron chi connectivity index (χ1n) is 13.3. The van der Waals surface area contributed by atoms with Gasteiger partial charge in [-0.15, -0.1) is 0 Å². The van der Waals surface area contributed by atoms with Crippen molar-refractivity contribution in [2.75, 3.05) is 40.5 Å². The zero-order valence-electron chi connectivity index (χ0n) is 25.4. The van der Waals surface area contributed by atoms with E-state index in [1.54, 1.807) is 45.9 Å². The van der Waals surface area contributed by atoms with E-state index in [1.807, 2.05) is 0 Å². The zero-order valence-corrected chi connectivity index (χ0v) is 26.3. The van der Waals surface area contributed by atoms with E-state index in [0.717, 1.165) is 4.90 Å². The molecular formula is C27H38NO15P. The molecule has 0 aliphatic heterocycles. The third kappa shape index (κ3) is 16.0. The molecule has 0 fully saturated rings. The van der Waals surface area contributed by atoms with Gasteiger partial charge >= 0.3 is 37.8 Å². The highest BCUT2D eigenvalue weighted by molar-refractivity contribution is 7.53. The van der Waals surface area contributed by atoms with Gasteiger partial charge in [0.15, 0.2) is 6.61 Å². The molecule has 246 valence electrons. The molecule has 1 aromatic carbocycles. The normalized spacial score (nSPS) is 11.7. The van der Waals surface area contributed by atoms with Gasteiger partial charge in [-0.25, -0.2) is 14.4 Å². The summed E-state index contributed by atoms with van der Waals surface area (Å²) in [5.41, 5.74) is 0.109. The monoisotopic (exact) mass is 647 g/mol. The molecule has 44 heavy (non-hydrogen) atoms. The standard InChI is InChI=1S/C27H38NO15P/c1-18(2)41-26(33)37-16-39-44(35,40-17-38-27(34)42-19(3)4)15-21(24(31)36-14-22(29)28(5)6)12-13-23(30)43-25(32)20-10-8-7-9-11-20/h7-11,18-19,21H,12-17H2,1-6H3. The Bertz CT molecular complexity index is 1140. The average molecular weight is 648 g/mol. The lowest BCUT2D eigenvalue weighted by Crippen LogP contribution is -2.31. The fourth-order valence-corrected chi connectivity index (χ4v) is 4.50. The fourth-order valence-electron chi connectivity index (χ4n) is 2.92. The molecule has 16 nitrogen and oxygen atoms in total. The molecule has 1 unspecified atom stereocenters. The van der Waals surface area contributed by atoms with Gasteiger partial charge in [-0.05, 0) is 46.2 Å². The third-order valence-electron chi connectivity index (χ3n) is 5.04. The second-order valence-corrected chi connectivity index (χ2v) is 11.8. The SMILES string of the molecule is CC(C)OC(=O)OCOP(=O)(CC(CCC(=O)OC(=O)c1ccccc1)C(=O)OCC(=O)N(C)C)OCOC(=O)OC(C)C. The summed E-state index contributed by atoms with van der Waals surface area (Å²) in [5.74, 6) is -5.04. The van der Waals surface area contributed by atoms with Crippen molar-refractivity contribution in [2.45, 2.75) is 52.7 Å². The van der Waals surface area contributed by atoms with Crippen molar-refractivity contribution in [3.8, 4) is 0 Å². The highest BCUT2D eigenvalue weighted by Gasteiger charge is 2.36. The van der Waals surface area contributed by atoms with Gasteiger partial charge in [-0.2, -0.15) is 0 Å². The van der Waals surface area contributed by atoms with Gasteiger partial charge in [0.2, 0.25) is 13.6 Å². The number of rotatable bonds is 17. The molecule has 0 N–H and O–H groups in total. The Morgan fingerprint density at radius 2 is 1.32 bits per heavy atom. The summed E-state index contributed by atoms with van der Waals surface area (Å²) < 4.78 is 52.8. The summed E-state index contributed by atoms with van der Waals surface area (Å²) in [5, 5.41) is 0. The number of hydrogen-bond acceptors (Lipinski definition) is 15. The quantitative estimate of drug-likeness (QED) is 0.0780. The van der Waals surface area contributed by atoms with Gasteiger partial charge < -0.3 is 33.3 Å². The van der Waals surface area contributed by atoms with Crippen molar-refractivity contribution >= 4 is 43.7 Å². The fraction of sp³-hybridized carbons (Fsp3) is 0.556. The Labute approximate surface area is 254 Å². The van der Waals surface area contributed by atoms with Crippen LogP contribution in [0.5, 0.6) is 0 Å². The van der Waals surface area contributed by atoms with E-state index in [2.05, 4.69) is 0 Å². The topological polar surface area (TPSA) is 197 Å². The molecule has 0 saturated carbocycles. The highest BCUT2D eigenvalue weighted by atomic mass is 31.2. The Hall–Kier alpha value is -4.01. The molecule has 0 spiro atoms. The van der Waals surface area contributed by atoms with Crippen LogP contribution in [0, 0.1) is 5.92 Å². The minimum atomic E-state index is -4.49. The second kappa shape index (κ2) is 19.3. The van der Waals surface area contributed by atoms with Crippen LogP contribution in [-0.2, 0) is 56.4 Å². The van der Waals surface area contributed by atoms with E-state index < -0.39 is 101 Å². The Balaban J connectivity index is 3.07. The number of carbonyl (C=O) groups is 6. The molecule has 17 heteroatoms. The van der Waals surface area contributed by atoms with Gasteiger partial charge in [0.25, 0.3) is 5.91 Å². The molecule has 0 heterocycles. The van der Waals surface area contributed by atoms with Crippen LogP contribution in [0.2, 0.25) is 0 Å². The number of benzene rings is 1. The lowest BCUT2D eigenvalue weighted by molar-refractivity contribution is -0.154. The lowest BCUT2D eigenvalue weighted by atomic mass is 10.1. The predicted octanol–water partition coefficient (Wildman–Crippen LogP) is 3.66. The first-order chi connectivity index (χ1) is 20.6. The van der Waals surface area contributed by atoms with E-state index in [-0.39, 0.29) is 5.56 Å². The van der Waals surface area contributed by atoms with Crippen molar-refractivity contribution in [3.63, 3.8) is 0 Å². The lowest BCUT2D eigenvalue weighted by Gasteiger charge is -2.23. The summed E-state index contributed by atoms with van der Waals surface area (Å²) in [6, 6.07) is 7.66. The molecule has 0 bridgehead atoms. The van der Waals surface area contributed by atoms with Crippen LogP contribution in [0.4, 0.5) is 9.59 Å². The molecule has 1 aromatic rings. The maximum atomic E-state index is 13.6. The third-order valence-corrected chi connectivity index (χ3v) is 6.93. The van der Waals surface area contributed by atoms with Crippen LogP contribution in [0.15, 0.2) is 30.3 Å². The number of nitrogens with zero attached hydrogens (tertiary/aromatic N) is 1. The molecule has 1 rings (SSSR count). The number of ether oxygens (including phenoxy) is 6. The van der Waals surface area contributed by atoms with Crippen molar-refractivity contribution in [1.82, 2.24) is 4.90 Å². The molecule has 0 aliphatic carbocycles. The van der Waals surface area contributed by atoms with Gasteiger partial charge in [0.1, 0.15) is 0 Å². The van der Waals surface area contributed by atoms with Crippen LogP contribution in [0.25, 0.3) is 0 Å². The smallest absolute Gasteiger partial charge is 0.455 e. The van der Waals surface area contributed by atoms with E-state index in [9.17, 15) is 33.3 Å². The van der Waals surface area contributed by atoms with Gasteiger partial charge in [0, 0.05) is 20.5 Å². The first-order valence-corrected chi connectivity index (χ1v) is 15.1. The minimum absolute atomic E-state index is 0.109. The van der Waals surface area contributed by atoms with Crippen LogP contribution >= 0.6 is 7.60 Å². The highest BCUT2D eigenvalue weighted by Crippen LogP contribution is 2.50. The summed E-state index contributed by atoms with van der Waals surface area (Å²) in [6.45, 7) is 3.61. The Morgan fingerprint density at radius 1 is 0.795 bits per heavy atom. The maximum absolute atomic E-state index is 13.6. The van der Waals surface area contributed by atoms with Gasteiger partial charge in [-0.1, -0.05) is 18.2 Å². The first kappa shape index (κ1) is 38.0. The van der Waals surface area contributed by atoms with Crippen molar-refractivity contribution < 1.29 is 70.8 Å². The number of amides is 1. The average Bonchev–Trinajstić information content (AvgIpc) is 2.93. The van der Waals surface area contributed by atoms with Crippen molar-refractivity contribution in [2.24, 2.45) is 5.92 Å². The van der Waals surface area contributed by atoms with Crippen LogP contribution in [0.1, 0.15) is 50.9 Å². The number of esters is 3. The Kier molecular flexibility index (Phi) is 16.7. The maximum Gasteiger partial charge on any atom is 0.510 e. The summed E-state index contributed by atoms with van der Waals surface area (Å²) in [7, 11) is -1.64. The molecule has 0 aromatic heterocycles. The molecule has 1 amide bonds. The van der Waals surface area contributed by atoms with Crippen LogP contribution in [0.3, 0.4) is 0 Å². The number of carbonyl (C=O) groups excluding carboxylic acids is 6. The second-order valence-electron chi connectivity index (χ2n) is 9.67. The summed E-state index contributed by atoms with van der Waals surface area (Å²) in [4.78, 5) is 74.1. The summed E-state index contributed by atoms with van der Waals surface area (Å²) >= 11 is 0. The van der Waals surface area contributed by atoms with Gasteiger partial charge in [0.05, 0.1) is 29.9 Å². The molecule has 1 atom stereocenters. The van der Waals surface area contributed by atoms with Crippen LogP contribution < -0.4 is 0 Å². The number of hydrogen-bond donors (Lipinski definition) is 0. The molecular weight excluding hydrogens is 609 g/mol. The van der Waals surface area contributed by atoms with E-state index in [4.69, 9.17) is 37.5 Å². The van der Waals surface area contributed by atoms with E-state index in [0.29, 0.717) is 0 Å². The molecule has 0 aliphatic rings.